The third-order valence-corrected chi connectivity index (χ3v) is 5.76. The van der Waals surface area contributed by atoms with E-state index in [2.05, 4.69) is 27.2 Å². The van der Waals surface area contributed by atoms with Crippen LogP contribution in [0.2, 0.25) is 0 Å². The van der Waals surface area contributed by atoms with Gasteiger partial charge in [0.05, 0.1) is 23.2 Å². The van der Waals surface area contributed by atoms with Crippen molar-refractivity contribution in [2.75, 3.05) is 33.3 Å². The lowest BCUT2D eigenvalue weighted by atomic mass is 10.0. The zero-order valence-electron chi connectivity index (χ0n) is 14.4. The second kappa shape index (κ2) is 7.89. The number of aryl methyl sites for hydroxylation is 1. The SMILES string of the molecule is Cc1nc(CN2C[C@@H](F)C[C@H]2CN(C)CC[C@H]2CCOC2=O)cs1. The van der Waals surface area contributed by atoms with Crippen molar-refractivity contribution in [3.05, 3.63) is 16.1 Å². The minimum atomic E-state index is -0.757. The number of cyclic esters (lactones) is 1. The normalized spacial score (nSPS) is 28.0. The molecule has 0 aliphatic carbocycles. The minimum Gasteiger partial charge on any atom is -0.465 e. The van der Waals surface area contributed by atoms with E-state index in [1.165, 1.54) is 0 Å². The first kappa shape index (κ1) is 17.8. The minimum absolute atomic E-state index is 0.0408. The van der Waals surface area contributed by atoms with Crippen molar-refractivity contribution >= 4 is 17.3 Å². The van der Waals surface area contributed by atoms with E-state index < -0.39 is 6.17 Å². The number of hydrogen-bond acceptors (Lipinski definition) is 6. The molecule has 2 aliphatic heterocycles. The highest BCUT2D eigenvalue weighted by atomic mass is 32.1. The average molecular weight is 355 g/mol. The van der Waals surface area contributed by atoms with E-state index in [1.54, 1.807) is 11.3 Å². The molecule has 0 N–H and O–H groups in total. The summed E-state index contributed by atoms with van der Waals surface area (Å²) in [7, 11) is 2.05. The van der Waals surface area contributed by atoms with Crippen molar-refractivity contribution in [3.63, 3.8) is 0 Å². The van der Waals surface area contributed by atoms with Crippen molar-refractivity contribution in [2.45, 2.75) is 44.9 Å². The van der Waals surface area contributed by atoms with E-state index in [-0.39, 0.29) is 17.9 Å². The van der Waals surface area contributed by atoms with Crippen molar-refractivity contribution in [1.29, 1.82) is 0 Å². The molecule has 2 aliphatic rings. The molecule has 1 aromatic heterocycles. The van der Waals surface area contributed by atoms with Crippen LogP contribution >= 0.6 is 11.3 Å². The predicted molar refractivity (Wildman–Crippen MR) is 91.7 cm³/mol. The summed E-state index contributed by atoms with van der Waals surface area (Å²) in [4.78, 5) is 20.4. The number of likely N-dealkylation sites (N-methyl/N-ethyl adjacent to an activating group) is 1. The van der Waals surface area contributed by atoms with Gasteiger partial charge < -0.3 is 9.64 Å². The molecule has 1 aromatic rings. The number of alkyl halides is 1. The van der Waals surface area contributed by atoms with Gasteiger partial charge in [-0.1, -0.05) is 0 Å². The molecule has 2 fully saturated rings. The molecule has 0 saturated carbocycles. The van der Waals surface area contributed by atoms with Gasteiger partial charge in [0.25, 0.3) is 0 Å². The summed E-state index contributed by atoms with van der Waals surface area (Å²) in [5.74, 6) is -0.0207. The van der Waals surface area contributed by atoms with Crippen LogP contribution in [0.5, 0.6) is 0 Å². The van der Waals surface area contributed by atoms with Crippen LogP contribution in [0.1, 0.15) is 30.0 Å². The third kappa shape index (κ3) is 4.52. The maximum absolute atomic E-state index is 13.9. The molecule has 134 valence electrons. The monoisotopic (exact) mass is 355 g/mol. The molecule has 0 aromatic carbocycles. The highest BCUT2D eigenvalue weighted by molar-refractivity contribution is 7.09. The van der Waals surface area contributed by atoms with Crippen LogP contribution in [0.15, 0.2) is 5.38 Å². The van der Waals surface area contributed by atoms with Gasteiger partial charge in [-0.15, -0.1) is 11.3 Å². The molecular formula is C17H26FN3O2S. The van der Waals surface area contributed by atoms with Crippen LogP contribution < -0.4 is 0 Å². The largest absolute Gasteiger partial charge is 0.465 e. The zero-order valence-corrected chi connectivity index (χ0v) is 15.2. The fourth-order valence-electron chi connectivity index (χ4n) is 3.62. The lowest BCUT2D eigenvalue weighted by Crippen LogP contribution is -2.39. The fraction of sp³-hybridized carbons (Fsp3) is 0.765. The smallest absolute Gasteiger partial charge is 0.309 e. The van der Waals surface area contributed by atoms with E-state index in [9.17, 15) is 9.18 Å². The van der Waals surface area contributed by atoms with Gasteiger partial charge in [-0.2, -0.15) is 0 Å². The molecule has 5 nitrogen and oxygen atoms in total. The summed E-state index contributed by atoms with van der Waals surface area (Å²) >= 11 is 1.64. The Bertz CT molecular complexity index is 568. The summed E-state index contributed by atoms with van der Waals surface area (Å²) in [6.45, 7) is 5.43. The van der Waals surface area contributed by atoms with Crippen molar-refractivity contribution < 1.29 is 13.9 Å². The lowest BCUT2D eigenvalue weighted by Gasteiger charge is -2.28. The van der Waals surface area contributed by atoms with Crippen LogP contribution in [0.4, 0.5) is 4.39 Å². The fourth-order valence-corrected chi connectivity index (χ4v) is 4.23. The number of rotatable bonds is 7. The Morgan fingerprint density at radius 3 is 3.04 bits per heavy atom. The Balaban J connectivity index is 1.49. The van der Waals surface area contributed by atoms with Crippen molar-refractivity contribution in [2.24, 2.45) is 5.92 Å². The van der Waals surface area contributed by atoms with Crippen LogP contribution in [0.3, 0.4) is 0 Å². The summed E-state index contributed by atoms with van der Waals surface area (Å²) in [6, 6.07) is 0.211. The number of carbonyl (C=O) groups excluding carboxylic acids is 1. The average Bonchev–Trinajstić information content (AvgIpc) is 3.20. The number of nitrogens with zero attached hydrogens (tertiary/aromatic N) is 3. The van der Waals surface area contributed by atoms with Gasteiger partial charge in [-0.25, -0.2) is 9.37 Å². The van der Waals surface area contributed by atoms with E-state index in [4.69, 9.17) is 4.74 Å². The molecule has 0 spiro atoms. The first-order valence-corrected chi connectivity index (χ1v) is 9.53. The first-order chi connectivity index (χ1) is 11.5. The highest BCUT2D eigenvalue weighted by Crippen LogP contribution is 2.24. The second-order valence-corrected chi connectivity index (χ2v) is 8.04. The van der Waals surface area contributed by atoms with E-state index in [0.29, 0.717) is 19.6 Å². The summed E-state index contributed by atoms with van der Waals surface area (Å²) in [5.41, 5.74) is 1.04. The van der Waals surface area contributed by atoms with Gasteiger partial charge in [-0.05, 0) is 39.8 Å². The summed E-state index contributed by atoms with van der Waals surface area (Å²) in [5, 5.41) is 3.12. The van der Waals surface area contributed by atoms with Crippen LogP contribution in [-0.4, -0.2) is 66.3 Å². The quantitative estimate of drug-likeness (QED) is 0.702. The Hall–Kier alpha value is -1.05. The molecule has 0 radical (unpaired) electrons. The van der Waals surface area contributed by atoms with Gasteiger partial charge in [0, 0.05) is 31.1 Å². The number of thiazole rings is 1. The molecule has 0 bridgehead atoms. The van der Waals surface area contributed by atoms with E-state index in [0.717, 1.165) is 43.2 Å². The molecule has 2 saturated heterocycles. The highest BCUT2D eigenvalue weighted by Gasteiger charge is 2.33. The van der Waals surface area contributed by atoms with Crippen molar-refractivity contribution in [1.82, 2.24) is 14.8 Å². The molecule has 3 heterocycles. The molecular weight excluding hydrogens is 329 g/mol. The van der Waals surface area contributed by atoms with Crippen molar-refractivity contribution in [3.8, 4) is 0 Å². The topological polar surface area (TPSA) is 45.7 Å². The number of ether oxygens (including phenoxy) is 1. The summed E-state index contributed by atoms with van der Waals surface area (Å²) in [6.07, 6.45) is 1.48. The van der Waals surface area contributed by atoms with Gasteiger partial charge in [0.2, 0.25) is 0 Å². The molecule has 24 heavy (non-hydrogen) atoms. The Kier molecular flexibility index (Phi) is 5.84. The molecule has 3 rings (SSSR count). The Labute approximate surface area is 146 Å². The third-order valence-electron chi connectivity index (χ3n) is 4.93. The Morgan fingerprint density at radius 1 is 1.54 bits per heavy atom. The lowest BCUT2D eigenvalue weighted by molar-refractivity contribution is -0.141. The number of hydrogen-bond donors (Lipinski definition) is 0. The second-order valence-electron chi connectivity index (χ2n) is 6.98. The van der Waals surface area contributed by atoms with Gasteiger partial charge in [-0.3, -0.25) is 9.69 Å². The van der Waals surface area contributed by atoms with Gasteiger partial charge in [0.15, 0.2) is 0 Å². The molecule has 7 heteroatoms. The molecule has 0 amide bonds. The number of aromatic nitrogens is 1. The molecule has 3 atom stereocenters. The summed E-state index contributed by atoms with van der Waals surface area (Å²) < 4.78 is 18.9. The zero-order chi connectivity index (χ0) is 17.1. The van der Waals surface area contributed by atoms with Crippen LogP contribution in [0.25, 0.3) is 0 Å². The molecule has 0 unspecified atom stereocenters. The Morgan fingerprint density at radius 2 is 2.38 bits per heavy atom. The number of likely N-dealkylation sites (tertiary alicyclic amines) is 1. The standard InChI is InChI=1S/C17H26FN3O2S/c1-12-19-15(11-24-12)9-21-8-14(18)7-16(21)10-20(2)5-3-13-4-6-23-17(13)22/h11,13-14,16H,3-10H2,1-2H3/t13-,14-,16-/m0/s1. The number of esters is 1. The van der Waals surface area contributed by atoms with Gasteiger partial charge in [0.1, 0.15) is 6.17 Å². The number of carbonyl (C=O) groups is 1. The predicted octanol–water partition coefficient (Wildman–Crippen LogP) is 2.25. The van der Waals surface area contributed by atoms with E-state index >= 15 is 0 Å². The van der Waals surface area contributed by atoms with Crippen LogP contribution in [-0.2, 0) is 16.1 Å². The number of halogens is 1. The van der Waals surface area contributed by atoms with Crippen LogP contribution in [0, 0.1) is 12.8 Å². The maximum atomic E-state index is 13.9. The maximum Gasteiger partial charge on any atom is 0.309 e. The van der Waals surface area contributed by atoms with Gasteiger partial charge >= 0.3 is 5.97 Å². The first-order valence-electron chi connectivity index (χ1n) is 8.65. The van der Waals surface area contributed by atoms with E-state index in [1.807, 2.05) is 6.92 Å².